The fourth-order valence-corrected chi connectivity index (χ4v) is 4.72. The van der Waals surface area contributed by atoms with Crippen molar-refractivity contribution in [3.8, 4) is 0 Å². The van der Waals surface area contributed by atoms with Crippen LogP contribution >= 0.6 is 11.8 Å². The Morgan fingerprint density at radius 2 is 1.89 bits per heavy atom. The van der Waals surface area contributed by atoms with Crippen LogP contribution < -0.4 is 5.32 Å². The minimum absolute atomic E-state index is 0.816. The van der Waals surface area contributed by atoms with Crippen molar-refractivity contribution in [3.63, 3.8) is 0 Å². The SMILES string of the molecule is CC(C)C1CCCC(NCC2CCCCS2)CC1. The van der Waals surface area contributed by atoms with Gasteiger partial charge in [0.25, 0.3) is 0 Å². The van der Waals surface area contributed by atoms with Gasteiger partial charge in [0.05, 0.1) is 0 Å². The average Bonchev–Trinajstić information content (AvgIpc) is 2.63. The van der Waals surface area contributed by atoms with E-state index in [-0.39, 0.29) is 0 Å². The molecule has 18 heavy (non-hydrogen) atoms. The quantitative estimate of drug-likeness (QED) is 0.756. The van der Waals surface area contributed by atoms with Gasteiger partial charge in [0.15, 0.2) is 0 Å². The minimum Gasteiger partial charge on any atom is -0.313 e. The Morgan fingerprint density at radius 3 is 2.61 bits per heavy atom. The fourth-order valence-electron chi connectivity index (χ4n) is 3.47. The highest BCUT2D eigenvalue weighted by molar-refractivity contribution is 7.99. The van der Waals surface area contributed by atoms with E-state index in [1.165, 1.54) is 63.7 Å². The van der Waals surface area contributed by atoms with Crippen LogP contribution in [-0.4, -0.2) is 23.6 Å². The second kappa shape index (κ2) is 7.79. The molecule has 0 aromatic rings. The van der Waals surface area contributed by atoms with Crippen molar-refractivity contribution in [1.82, 2.24) is 5.32 Å². The number of nitrogens with one attached hydrogen (secondary N) is 1. The minimum atomic E-state index is 0.816. The summed E-state index contributed by atoms with van der Waals surface area (Å²) in [5, 5.41) is 4.78. The maximum absolute atomic E-state index is 3.87. The zero-order valence-electron chi connectivity index (χ0n) is 12.3. The van der Waals surface area contributed by atoms with E-state index in [9.17, 15) is 0 Å². The van der Waals surface area contributed by atoms with E-state index in [4.69, 9.17) is 0 Å². The normalized spacial score (nSPS) is 34.5. The van der Waals surface area contributed by atoms with E-state index < -0.39 is 0 Å². The Hall–Kier alpha value is 0.310. The predicted molar refractivity (Wildman–Crippen MR) is 83.3 cm³/mol. The van der Waals surface area contributed by atoms with Crippen molar-refractivity contribution >= 4 is 11.8 Å². The molecule has 2 aliphatic rings. The maximum Gasteiger partial charge on any atom is 0.0172 e. The van der Waals surface area contributed by atoms with Crippen LogP contribution in [0.4, 0.5) is 0 Å². The van der Waals surface area contributed by atoms with Gasteiger partial charge in [-0.2, -0.15) is 11.8 Å². The largest absolute Gasteiger partial charge is 0.313 e. The van der Waals surface area contributed by atoms with Crippen LogP contribution in [-0.2, 0) is 0 Å². The third-order valence-corrected chi connectivity index (χ3v) is 6.26. The smallest absolute Gasteiger partial charge is 0.0172 e. The van der Waals surface area contributed by atoms with E-state index in [0.717, 1.165) is 23.1 Å². The van der Waals surface area contributed by atoms with Crippen molar-refractivity contribution in [1.29, 1.82) is 0 Å². The van der Waals surface area contributed by atoms with Gasteiger partial charge in [-0.15, -0.1) is 0 Å². The Morgan fingerprint density at radius 1 is 1.00 bits per heavy atom. The molecule has 1 saturated carbocycles. The molecular weight excluding hydrogens is 238 g/mol. The standard InChI is InChI=1S/C16H31NS/c1-13(2)14-6-5-7-15(10-9-14)17-12-16-8-3-4-11-18-16/h13-17H,3-12H2,1-2H3. The molecule has 1 N–H and O–H groups in total. The maximum atomic E-state index is 3.87. The zero-order valence-corrected chi connectivity index (χ0v) is 13.1. The highest BCUT2D eigenvalue weighted by Crippen LogP contribution is 2.29. The summed E-state index contributed by atoms with van der Waals surface area (Å²) in [7, 11) is 0. The third kappa shape index (κ3) is 4.77. The van der Waals surface area contributed by atoms with Gasteiger partial charge in [-0.3, -0.25) is 0 Å². The van der Waals surface area contributed by atoms with Gasteiger partial charge in [0, 0.05) is 17.8 Å². The van der Waals surface area contributed by atoms with Crippen molar-refractivity contribution in [2.24, 2.45) is 11.8 Å². The molecule has 0 spiro atoms. The summed E-state index contributed by atoms with van der Waals surface area (Å²) in [6.07, 6.45) is 11.5. The van der Waals surface area contributed by atoms with Crippen molar-refractivity contribution < 1.29 is 0 Å². The lowest BCUT2D eigenvalue weighted by molar-refractivity contribution is 0.337. The molecule has 0 aromatic carbocycles. The van der Waals surface area contributed by atoms with E-state index in [1.807, 2.05) is 0 Å². The highest BCUT2D eigenvalue weighted by Gasteiger charge is 2.22. The van der Waals surface area contributed by atoms with Crippen molar-refractivity contribution in [2.45, 2.75) is 76.5 Å². The van der Waals surface area contributed by atoms with E-state index in [0.29, 0.717) is 0 Å². The van der Waals surface area contributed by atoms with Gasteiger partial charge in [-0.05, 0) is 49.7 Å². The monoisotopic (exact) mass is 269 g/mol. The molecule has 2 rings (SSSR count). The first-order chi connectivity index (χ1) is 8.75. The molecule has 0 aromatic heterocycles. The molecule has 1 heterocycles. The summed E-state index contributed by atoms with van der Waals surface area (Å²) in [6.45, 7) is 6.07. The molecule has 1 aliphatic heterocycles. The van der Waals surface area contributed by atoms with E-state index in [1.54, 1.807) is 0 Å². The van der Waals surface area contributed by atoms with Crippen LogP contribution in [0.5, 0.6) is 0 Å². The molecule has 3 unspecified atom stereocenters. The lowest BCUT2D eigenvalue weighted by atomic mass is 9.89. The van der Waals surface area contributed by atoms with Crippen LogP contribution in [0.25, 0.3) is 0 Å². The van der Waals surface area contributed by atoms with Crippen LogP contribution in [0.2, 0.25) is 0 Å². The van der Waals surface area contributed by atoms with Crippen LogP contribution in [0.3, 0.4) is 0 Å². The third-order valence-electron chi connectivity index (χ3n) is 4.86. The molecule has 0 amide bonds. The molecule has 2 fully saturated rings. The lowest BCUT2D eigenvalue weighted by Gasteiger charge is -2.25. The molecule has 1 saturated heterocycles. The first-order valence-electron chi connectivity index (χ1n) is 8.10. The lowest BCUT2D eigenvalue weighted by Crippen LogP contribution is -2.35. The van der Waals surface area contributed by atoms with Crippen LogP contribution in [0.1, 0.15) is 65.2 Å². The molecule has 0 bridgehead atoms. The van der Waals surface area contributed by atoms with Crippen molar-refractivity contribution in [2.75, 3.05) is 12.3 Å². The molecular formula is C16H31NS. The summed E-state index contributed by atoms with van der Waals surface area (Å²) in [6, 6.07) is 0.816. The number of thioether (sulfide) groups is 1. The average molecular weight is 269 g/mol. The molecule has 2 heteroatoms. The Kier molecular flexibility index (Phi) is 6.37. The zero-order chi connectivity index (χ0) is 12.8. The second-order valence-corrected chi connectivity index (χ2v) is 8.01. The second-order valence-electron chi connectivity index (χ2n) is 6.61. The predicted octanol–water partition coefficient (Wildman–Crippen LogP) is 4.47. The molecule has 3 atom stereocenters. The summed E-state index contributed by atoms with van der Waals surface area (Å²) in [4.78, 5) is 0. The van der Waals surface area contributed by atoms with E-state index in [2.05, 4.69) is 30.9 Å². The van der Waals surface area contributed by atoms with Gasteiger partial charge in [-0.25, -0.2) is 0 Å². The van der Waals surface area contributed by atoms with Crippen LogP contribution in [0, 0.1) is 11.8 Å². The van der Waals surface area contributed by atoms with Crippen molar-refractivity contribution in [3.05, 3.63) is 0 Å². The molecule has 1 aliphatic carbocycles. The first kappa shape index (κ1) is 14.7. The number of hydrogen-bond donors (Lipinski definition) is 1. The molecule has 0 radical (unpaired) electrons. The van der Waals surface area contributed by atoms with Gasteiger partial charge in [-0.1, -0.05) is 33.1 Å². The first-order valence-corrected chi connectivity index (χ1v) is 9.15. The van der Waals surface area contributed by atoms with E-state index >= 15 is 0 Å². The summed E-state index contributed by atoms with van der Waals surface area (Å²) >= 11 is 2.20. The van der Waals surface area contributed by atoms with Gasteiger partial charge >= 0.3 is 0 Å². The molecule has 106 valence electrons. The Labute approximate surface area is 118 Å². The van der Waals surface area contributed by atoms with Gasteiger partial charge in [0.1, 0.15) is 0 Å². The topological polar surface area (TPSA) is 12.0 Å². The summed E-state index contributed by atoms with van der Waals surface area (Å²) in [5.41, 5.74) is 0. The number of rotatable bonds is 4. The Bertz CT molecular complexity index is 223. The summed E-state index contributed by atoms with van der Waals surface area (Å²) < 4.78 is 0. The Balaban J connectivity index is 1.66. The highest BCUT2D eigenvalue weighted by atomic mass is 32.2. The number of hydrogen-bond acceptors (Lipinski definition) is 2. The molecule has 1 nitrogen and oxygen atoms in total. The van der Waals surface area contributed by atoms with Gasteiger partial charge in [0.2, 0.25) is 0 Å². The fraction of sp³-hybridized carbons (Fsp3) is 1.00. The van der Waals surface area contributed by atoms with Gasteiger partial charge < -0.3 is 5.32 Å². The van der Waals surface area contributed by atoms with Crippen LogP contribution in [0.15, 0.2) is 0 Å². The summed E-state index contributed by atoms with van der Waals surface area (Å²) in [5.74, 6) is 3.27.